The van der Waals surface area contributed by atoms with Crippen LogP contribution in [-0.4, -0.2) is 44.8 Å². The zero-order chi connectivity index (χ0) is 28.8. The molecule has 2 atom stereocenters. The van der Waals surface area contributed by atoms with Gasteiger partial charge >= 0.3 is 5.97 Å². The first kappa shape index (κ1) is 28.2. The number of rotatable bonds is 8. The van der Waals surface area contributed by atoms with Gasteiger partial charge in [0.05, 0.1) is 35.3 Å². The van der Waals surface area contributed by atoms with Gasteiger partial charge in [-0.1, -0.05) is 40.9 Å². The van der Waals surface area contributed by atoms with Crippen LogP contribution in [0.1, 0.15) is 52.3 Å². The van der Waals surface area contributed by atoms with Crippen LogP contribution in [0.4, 0.5) is 4.39 Å². The number of carbonyl (C=O) groups is 1. The van der Waals surface area contributed by atoms with E-state index < -0.39 is 11.8 Å². The predicted molar refractivity (Wildman–Crippen MR) is 156 cm³/mol. The maximum absolute atomic E-state index is 15.0. The van der Waals surface area contributed by atoms with Crippen LogP contribution in [0.15, 0.2) is 42.5 Å². The highest BCUT2D eigenvalue weighted by Gasteiger charge is 2.29. The number of fused-ring (bicyclic) bond motifs is 2. The number of imidazole rings is 1. The topological polar surface area (TPSA) is 76.8 Å². The minimum Gasteiger partial charge on any atom is -0.487 e. The Bertz CT molecular complexity index is 1660. The first-order chi connectivity index (χ1) is 19.7. The van der Waals surface area contributed by atoms with E-state index in [1.54, 1.807) is 12.1 Å². The van der Waals surface area contributed by atoms with Gasteiger partial charge in [-0.25, -0.2) is 14.2 Å². The molecule has 0 unspecified atom stereocenters. The fourth-order valence-electron chi connectivity index (χ4n) is 5.48. The van der Waals surface area contributed by atoms with Gasteiger partial charge in [-0.3, -0.25) is 4.90 Å². The van der Waals surface area contributed by atoms with Crippen LogP contribution in [0.5, 0.6) is 5.75 Å². The summed E-state index contributed by atoms with van der Waals surface area (Å²) < 4.78 is 28.6. The van der Waals surface area contributed by atoms with Crippen molar-refractivity contribution in [1.29, 1.82) is 0 Å². The molecule has 0 bridgehead atoms. The van der Waals surface area contributed by atoms with E-state index in [1.807, 2.05) is 22.8 Å². The molecule has 41 heavy (non-hydrogen) atoms. The first-order valence-electron chi connectivity index (χ1n) is 13.3. The van der Waals surface area contributed by atoms with E-state index in [2.05, 4.69) is 16.8 Å². The molecule has 2 aliphatic rings. The lowest BCUT2D eigenvalue weighted by atomic mass is 9.93. The Morgan fingerprint density at radius 2 is 1.98 bits per heavy atom. The molecule has 11 heteroatoms. The van der Waals surface area contributed by atoms with Crippen LogP contribution in [-0.2, 0) is 30.9 Å². The van der Waals surface area contributed by atoms with Gasteiger partial charge in [-0.15, -0.1) is 0 Å². The number of hydrogen-bond acceptors (Lipinski definition) is 5. The Morgan fingerprint density at radius 3 is 2.68 bits per heavy atom. The van der Waals surface area contributed by atoms with Gasteiger partial charge in [0.2, 0.25) is 0 Å². The third kappa shape index (κ3) is 5.64. The summed E-state index contributed by atoms with van der Waals surface area (Å²) in [6, 6.07) is 11.7. The summed E-state index contributed by atoms with van der Waals surface area (Å²) >= 11 is 18.9. The molecule has 6 rings (SSSR count). The summed E-state index contributed by atoms with van der Waals surface area (Å²) in [5.74, 6) is -0.613. The molecule has 214 valence electrons. The number of aromatic nitrogens is 2. The standard InChI is InChI=1S/C30H27Cl3FN3O4/c1-16-22-12-27(41-15-18-2-3-20(31)11-23(18)32)24(33)8-17(22)4-6-36(16)14-28-35-29-25(34)9-19(30(38)39)10-26(29)37(28)13-21-5-7-40-21/h2-3,8-12,16,21H,4-7,13-15H2,1H3,(H,38,39)/t16-,21-/m0/s1. The van der Waals surface area contributed by atoms with Crippen LogP contribution in [0.2, 0.25) is 15.1 Å². The van der Waals surface area contributed by atoms with Crippen molar-refractivity contribution in [3.05, 3.63) is 91.4 Å². The van der Waals surface area contributed by atoms with Crippen LogP contribution in [0.3, 0.4) is 0 Å². The number of nitrogens with zero attached hydrogens (tertiary/aromatic N) is 3. The Morgan fingerprint density at radius 1 is 1.17 bits per heavy atom. The summed E-state index contributed by atoms with van der Waals surface area (Å²) in [4.78, 5) is 18.5. The lowest BCUT2D eigenvalue weighted by Gasteiger charge is -2.36. The van der Waals surface area contributed by atoms with Gasteiger partial charge < -0.3 is 19.1 Å². The van der Waals surface area contributed by atoms with Gasteiger partial charge in [-0.05, 0) is 67.3 Å². The second-order valence-electron chi connectivity index (χ2n) is 10.5. The van der Waals surface area contributed by atoms with Gasteiger partial charge in [0.1, 0.15) is 23.7 Å². The molecule has 0 aliphatic carbocycles. The molecule has 0 amide bonds. The van der Waals surface area contributed by atoms with E-state index >= 15 is 0 Å². The maximum Gasteiger partial charge on any atom is 0.335 e. The van der Waals surface area contributed by atoms with Crippen LogP contribution in [0, 0.1) is 5.82 Å². The Hall–Kier alpha value is -2.88. The molecule has 3 heterocycles. The van der Waals surface area contributed by atoms with Crippen LogP contribution in [0.25, 0.3) is 11.0 Å². The van der Waals surface area contributed by atoms with Gasteiger partial charge in [0.25, 0.3) is 0 Å². The van der Waals surface area contributed by atoms with Gasteiger partial charge in [-0.2, -0.15) is 0 Å². The number of carboxylic acids is 1. The quantitative estimate of drug-likeness (QED) is 0.223. The molecule has 3 aromatic carbocycles. The van der Waals surface area contributed by atoms with E-state index in [0.717, 1.165) is 42.1 Å². The van der Waals surface area contributed by atoms with Crippen molar-refractivity contribution in [2.45, 2.75) is 51.6 Å². The average Bonchev–Trinajstić information content (AvgIpc) is 3.25. The smallest absolute Gasteiger partial charge is 0.335 e. The molecule has 4 aromatic rings. The minimum absolute atomic E-state index is 0.00914. The first-order valence-corrected chi connectivity index (χ1v) is 14.5. The number of ether oxygens (including phenoxy) is 2. The van der Waals surface area contributed by atoms with Crippen molar-refractivity contribution in [3.8, 4) is 5.75 Å². The minimum atomic E-state index is -1.18. The summed E-state index contributed by atoms with van der Waals surface area (Å²) in [6.07, 6.45) is 1.64. The lowest BCUT2D eigenvalue weighted by Crippen LogP contribution is -2.36. The molecule has 1 fully saturated rings. The SMILES string of the molecule is C[C@H]1c2cc(OCc3ccc(Cl)cc3Cl)c(Cl)cc2CCN1Cc1nc2c(F)cc(C(=O)O)cc2n1C[C@@H]1CCO1. The highest BCUT2D eigenvalue weighted by atomic mass is 35.5. The van der Waals surface area contributed by atoms with Crippen molar-refractivity contribution in [1.82, 2.24) is 14.5 Å². The molecular formula is C30H27Cl3FN3O4. The highest BCUT2D eigenvalue weighted by Crippen LogP contribution is 2.38. The molecule has 1 N–H and O–H groups in total. The molecule has 0 spiro atoms. The Labute approximate surface area is 251 Å². The van der Waals surface area contributed by atoms with Crippen LogP contribution >= 0.6 is 34.8 Å². The molecule has 7 nitrogen and oxygen atoms in total. The number of aromatic carboxylic acids is 1. The third-order valence-electron chi connectivity index (χ3n) is 7.92. The molecule has 0 saturated carbocycles. The van der Waals surface area contributed by atoms with Crippen LogP contribution < -0.4 is 4.74 Å². The molecule has 1 saturated heterocycles. The summed E-state index contributed by atoms with van der Waals surface area (Å²) in [7, 11) is 0. The van der Waals surface area contributed by atoms with E-state index in [1.165, 1.54) is 6.07 Å². The van der Waals surface area contributed by atoms with Gasteiger partial charge in [0.15, 0.2) is 5.82 Å². The second-order valence-corrected chi connectivity index (χ2v) is 11.7. The lowest BCUT2D eigenvalue weighted by molar-refractivity contribution is -0.0592. The number of benzene rings is 3. The maximum atomic E-state index is 15.0. The third-order valence-corrected chi connectivity index (χ3v) is 8.80. The molecule has 1 aromatic heterocycles. The summed E-state index contributed by atoms with van der Waals surface area (Å²) in [5.41, 5.74) is 3.54. The monoisotopic (exact) mass is 617 g/mol. The summed E-state index contributed by atoms with van der Waals surface area (Å²) in [5, 5.41) is 11.1. The number of hydrogen-bond donors (Lipinski definition) is 1. The van der Waals surface area contributed by atoms with Gasteiger partial charge in [0, 0.05) is 34.8 Å². The Balaban J connectivity index is 1.28. The fraction of sp³-hybridized carbons (Fsp3) is 0.333. The van der Waals surface area contributed by atoms with Crippen molar-refractivity contribution in [2.24, 2.45) is 0 Å². The highest BCUT2D eigenvalue weighted by molar-refractivity contribution is 6.35. The van der Waals surface area contributed by atoms with E-state index in [0.29, 0.717) is 51.9 Å². The number of carboxylic acid groups (broad SMARTS) is 1. The molecule has 0 radical (unpaired) electrons. The zero-order valence-corrected chi connectivity index (χ0v) is 24.4. The average molecular weight is 619 g/mol. The Kier molecular flexibility index (Phi) is 7.87. The molecular weight excluding hydrogens is 592 g/mol. The van der Waals surface area contributed by atoms with E-state index in [4.69, 9.17) is 44.3 Å². The second kappa shape index (κ2) is 11.4. The predicted octanol–water partition coefficient (Wildman–Crippen LogP) is 7.32. The van der Waals surface area contributed by atoms with E-state index in [9.17, 15) is 14.3 Å². The van der Waals surface area contributed by atoms with Crippen molar-refractivity contribution < 1.29 is 23.8 Å². The van der Waals surface area contributed by atoms with Crippen molar-refractivity contribution in [2.75, 3.05) is 13.2 Å². The van der Waals surface area contributed by atoms with E-state index in [-0.39, 0.29) is 29.8 Å². The van der Waals surface area contributed by atoms with Crippen molar-refractivity contribution >= 4 is 51.8 Å². The normalized spacial score (nSPS) is 18.8. The fourth-order valence-corrected chi connectivity index (χ4v) is 6.19. The summed E-state index contributed by atoms with van der Waals surface area (Å²) in [6.45, 7) is 4.70. The van der Waals surface area contributed by atoms with Crippen molar-refractivity contribution in [3.63, 3.8) is 0 Å². The zero-order valence-electron chi connectivity index (χ0n) is 22.2. The largest absolute Gasteiger partial charge is 0.487 e. The number of halogens is 4. The molecule has 2 aliphatic heterocycles.